The monoisotopic (exact) mass is 280 g/mol. The fourth-order valence-electron chi connectivity index (χ4n) is 2.02. The van der Waals surface area contributed by atoms with Crippen LogP contribution < -0.4 is 10.6 Å². The van der Waals surface area contributed by atoms with Crippen molar-refractivity contribution in [2.45, 2.75) is 44.8 Å². The first-order valence-corrected chi connectivity index (χ1v) is 6.45. The number of amides is 1. The summed E-state index contributed by atoms with van der Waals surface area (Å²) < 4.78 is 35.9. The number of nitrogens with one attached hydrogen (secondary N) is 2. The standard InChI is InChI=1S/C12H19F3N2O2/c1-2-16-9(6-8-4-3-5-8)10(18)11(19)17-7-12(13,14)15/h8-9,16H,2-7H2,1H3,(H,17,19). The molecule has 110 valence electrons. The van der Waals surface area contributed by atoms with Gasteiger partial charge in [0.05, 0.1) is 6.04 Å². The molecular formula is C12H19F3N2O2. The minimum atomic E-state index is -4.50. The summed E-state index contributed by atoms with van der Waals surface area (Å²) in [6.45, 7) is 0.810. The number of halogens is 3. The molecule has 7 heteroatoms. The van der Waals surface area contributed by atoms with Gasteiger partial charge in [-0.25, -0.2) is 0 Å². The third-order valence-electron chi connectivity index (χ3n) is 3.23. The van der Waals surface area contributed by atoms with Crippen LogP contribution in [-0.4, -0.2) is 37.0 Å². The van der Waals surface area contributed by atoms with Crippen LogP contribution in [0.25, 0.3) is 0 Å². The number of alkyl halides is 3. The lowest BCUT2D eigenvalue weighted by Gasteiger charge is -2.29. The first-order valence-electron chi connectivity index (χ1n) is 6.45. The maximum atomic E-state index is 12.0. The topological polar surface area (TPSA) is 58.2 Å². The van der Waals surface area contributed by atoms with Crippen LogP contribution in [0.4, 0.5) is 13.2 Å². The van der Waals surface area contributed by atoms with E-state index in [-0.39, 0.29) is 0 Å². The maximum Gasteiger partial charge on any atom is 0.405 e. The highest BCUT2D eigenvalue weighted by atomic mass is 19.4. The second kappa shape index (κ2) is 6.88. The van der Waals surface area contributed by atoms with Gasteiger partial charge in [0.2, 0.25) is 5.78 Å². The van der Waals surface area contributed by atoms with Crippen molar-refractivity contribution in [1.82, 2.24) is 10.6 Å². The highest BCUT2D eigenvalue weighted by Gasteiger charge is 2.33. The number of hydrogen-bond donors (Lipinski definition) is 2. The first kappa shape index (κ1) is 15.9. The largest absolute Gasteiger partial charge is 0.405 e. The lowest BCUT2D eigenvalue weighted by molar-refractivity contribution is -0.146. The molecule has 0 spiro atoms. The van der Waals surface area contributed by atoms with E-state index in [4.69, 9.17) is 0 Å². The number of Topliss-reactive ketones (excluding diaryl/α,β-unsaturated/α-hetero) is 1. The van der Waals surface area contributed by atoms with E-state index < -0.39 is 30.5 Å². The normalized spacial score (nSPS) is 17.7. The molecule has 1 saturated carbocycles. The molecule has 0 saturated heterocycles. The number of ketones is 1. The summed E-state index contributed by atoms with van der Waals surface area (Å²) >= 11 is 0. The van der Waals surface area contributed by atoms with E-state index in [9.17, 15) is 22.8 Å². The fourth-order valence-corrected chi connectivity index (χ4v) is 2.02. The van der Waals surface area contributed by atoms with E-state index in [1.54, 1.807) is 12.2 Å². The van der Waals surface area contributed by atoms with E-state index in [0.717, 1.165) is 19.3 Å². The predicted molar refractivity (Wildman–Crippen MR) is 63.5 cm³/mol. The van der Waals surface area contributed by atoms with Gasteiger partial charge in [0.1, 0.15) is 6.54 Å². The Hall–Kier alpha value is -1.11. The molecule has 1 aliphatic rings. The predicted octanol–water partition coefficient (Wildman–Crippen LogP) is 1.40. The average molecular weight is 280 g/mol. The number of hydrogen-bond acceptors (Lipinski definition) is 3. The number of rotatable bonds is 7. The summed E-state index contributed by atoms with van der Waals surface area (Å²) in [6, 6.07) is -0.677. The molecule has 1 unspecified atom stereocenters. The SMILES string of the molecule is CCNC(CC1CCC1)C(=O)C(=O)NCC(F)(F)F. The molecule has 0 radical (unpaired) electrons. The van der Waals surface area contributed by atoms with Crippen molar-refractivity contribution < 1.29 is 22.8 Å². The zero-order valence-electron chi connectivity index (χ0n) is 10.8. The summed E-state index contributed by atoms with van der Waals surface area (Å²) in [6.07, 6.45) is -0.847. The summed E-state index contributed by atoms with van der Waals surface area (Å²) in [5.74, 6) is -1.58. The summed E-state index contributed by atoms with van der Waals surface area (Å²) in [7, 11) is 0. The van der Waals surface area contributed by atoms with Crippen molar-refractivity contribution in [2.24, 2.45) is 5.92 Å². The van der Waals surface area contributed by atoms with Crippen molar-refractivity contribution in [3.63, 3.8) is 0 Å². The van der Waals surface area contributed by atoms with E-state index >= 15 is 0 Å². The van der Waals surface area contributed by atoms with Gasteiger partial charge >= 0.3 is 6.18 Å². The van der Waals surface area contributed by atoms with Gasteiger partial charge in [0, 0.05) is 0 Å². The number of carbonyl (C=O) groups excluding carboxylic acids is 2. The Morgan fingerprint density at radius 3 is 2.37 bits per heavy atom. The van der Waals surface area contributed by atoms with Crippen LogP contribution in [0.3, 0.4) is 0 Å². The van der Waals surface area contributed by atoms with Gasteiger partial charge in [-0.15, -0.1) is 0 Å². The molecule has 0 aromatic heterocycles. The van der Waals surface area contributed by atoms with E-state index in [0.29, 0.717) is 18.9 Å². The third kappa shape index (κ3) is 5.59. The van der Waals surface area contributed by atoms with Crippen LogP contribution in [-0.2, 0) is 9.59 Å². The molecule has 1 aliphatic carbocycles. The smallest absolute Gasteiger partial charge is 0.340 e. The van der Waals surface area contributed by atoms with Gasteiger partial charge in [-0.1, -0.05) is 26.2 Å². The maximum absolute atomic E-state index is 12.0. The van der Waals surface area contributed by atoms with Gasteiger partial charge in [-0.05, 0) is 18.9 Å². The molecule has 2 N–H and O–H groups in total. The number of likely N-dealkylation sites (N-methyl/N-ethyl adjacent to an activating group) is 1. The van der Waals surface area contributed by atoms with Crippen LogP contribution in [0.1, 0.15) is 32.6 Å². The average Bonchev–Trinajstić information content (AvgIpc) is 2.27. The summed E-state index contributed by atoms with van der Waals surface area (Å²) in [5, 5.41) is 4.48. The van der Waals surface area contributed by atoms with Crippen molar-refractivity contribution in [3.05, 3.63) is 0 Å². The van der Waals surface area contributed by atoms with E-state index in [1.807, 2.05) is 0 Å². The van der Waals surface area contributed by atoms with Crippen molar-refractivity contribution in [2.75, 3.05) is 13.1 Å². The molecule has 19 heavy (non-hydrogen) atoms. The molecule has 0 bridgehead atoms. The molecule has 1 fully saturated rings. The Balaban J connectivity index is 2.47. The Labute approximate surface area is 110 Å². The van der Waals surface area contributed by atoms with Crippen LogP contribution in [0.5, 0.6) is 0 Å². The Morgan fingerprint density at radius 2 is 1.95 bits per heavy atom. The van der Waals surface area contributed by atoms with E-state index in [2.05, 4.69) is 5.32 Å². The zero-order valence-corrected chi connectivity index (χ0v) is 10.8. The molecule has 0 aromatic rings. The molecule has 4 nitrogen and oxygen atoms in total. The molecule has 1 atom stereocenters. The summed E-state index contributed by atoms with van der Waals surface area (Å²) in [5.41, 5.74) is 0. The van der Waals surface area contributed by atoms with Crippen LogP contribution in [0.15, 0.2) is 0 Å². The fraction of sp³-hybridized carbons (Fsp3) is 0.833. The molecular weight excluding hydrogens is 261 g/mol. The minimum Gasteiger partial charge on any atom is -0.340 e. The molecule has 1 amide bonds. The van der Waals surface area contributed by atoms with Gasteiger partial charge in [0.25, 0.3) is 5.91 Å². The second-order valence-electron chi connectivity index (χ2n) is 4.81. The van der Waals surface area contributed by atoms with Crippen LogP contribution in [0.2, 0.25) is 0 Å². The lowest BCUT2D eigenvalue weighted by Crippen LogP contribution is -2.48. The van der Waals surface area contributed by atoms with Crippen LogP contribution in [0, 0.1) is 5.92 Å². The van der Waals surface area contributed by atoms with Gasteiger partial charge in [-0.2, -0.15) is 13.2 Å². The highest BCUT2D eigenvalue weighted by molar-refractivity contribution is 6.38. The van der Waals surface area contributed by atoms with Crippen molar-refractivity contribution in [3.8, 4) is 0 Å². The summed E-state index contributed by atoms with van der Waals surface area (Å²) in [4.78, 5) is 23.2. The van der Waals surface area contributed by atoms with Crippen molar-refractivity contribution in [1.29, 1.82) is 0 Å². The van der Waals surface area contributed by atoms with Crippen LogP contribution >= 0.6 is 0 Å². The Bertz CT molecular complexity index is 327. The third-order valence-corrected chi connectivity index (χ3v) is 3.23. The zero-order chi connectivity index (χ0) is 14.5. The lowest BCUT2D eigenvalue weighted by atomic mass is 9.80. The second-order valence-corrected chi connectivity index (χ2v) is 4.81. The molecule has 0 heterocycles. The van der Waals surface area contributed by atoms with Gasteiger partial charge in [0.15, 0.2) is 0 Å². The molecule has 0 aromatic carbocycles. The first-order chi connectivity index (χ1) is 8.83. The van der Waals surface area contributed by atoms with Crippen molar-refractivity contribution >= 4 is 11.7 Å². The number of carbonyl (C=O) groups is 2. The highest BCUT2D eigenvalue weighted by Crippen LogP contribution is 2.30. The molecule has 0 aliphatic heterocycles. The van der Waals surface area contributed by atoms with Gasteiger partial charge < -0.3 is 10.6 Å². The minimum absolute atomic E-state index is 0.392. The Kier molecular flexibility index (Phi) is 5.78. The van der Waals surface area contributed by atoms with Gasteiger partial charge in [-0.3, -0.25) is 9.59 Å². The quantitative estimate of drug-likeness (QED) is 0.693. The molecule has 1 rings (SSSR count). The van der Waals surface area contributed by atoms with E-state index in [1.165, 1.54) is 0 Å². The Morgan fingerprint density at radius 1 is 1.32 bits per heavy atom.